The van der Waals surface area contributed by atoms with Crippen LogP contribution in [0.1, 0.15) is 22.5 Å². The van der Waals surface area contributed by atoms with Gasteiger partial charge < -0.3 is 15.0 Å². The minimum Gasteiger partial charge on any atom is -0.370 e. The molecule has 1 aliphatic rings. The van der Waals surface area contributed by atoms with Gasteiger partial charge in [0.05, 0.1) is 25.5 Å². The monoisotopic (exact) mass is 376 g/mol. The van der Waals surface area contributed by atoms with E-state index in [0.29, 0.717) is 26.3 Å². The number of fused-ring (bicyclic) bond motifs is 1. The predicted molar refractivity (Wildman–Crippen MR) is 108 cm³/mol. The van der Waals surface area contributed by atoms with Crippen molar-refractivity contribution in [2.45, 2.75) is 26.2 Å². The predicted octanol–water partition coefficient (Wildman–Crippen LogP) is 3.73. The number of urea groups is 1. The molecule has 0 aliphatic carbocycles. The van der Waals surface area contributed by atoms with Crippen LogP contribution < -0.4 is 5.32 Å². The zero-order valence-electron chi connectivity index (χ0n) is 16.0. The molecular formula is C22H24N4O2. The van der Waals surface area contributed by atoms with Crippen molar-refractivity contribution in [3.8, 4) is 0 Å². The molecule has 1 aliphatic heterocycles. The van der Waals surface area contributed by atoms with Crippen molar-refractivity contribution in [1.29, 1.82) is 0 Å². The van der Waals surface area contributed by atoms with Gasteiger partial charge in [0, 0.05) is 37.0 Å². The summed E-state index contributed by atoms with van der Waals surface area (Å²) in [5, 5.41) is 7.60. The van der Waals surface area contributed by atoms with Crippen molar-refractivity contribution in [3.63, 3.8) is 0 Å². The molecule has 0 fully saturated rings. The SMILES string of the molecule is Cn1nc(COCc2ccccc2)c2c1CCN(C(=O)Nc1ccccc1)C2. The van der Waals surface area contributed by atoms with Gasteiger partial charge in [-0.15, -0.1) is 0 Å². The first-order chi connectivity index (χ1) is 13.7. The van der Waals surface area contributed by atoms with Crippen LogP contribution in [-0.4, -0.2) is 27.3 Å². The van der Waals surface area contributed by atoms with Gasteiger partial charge in [-0.1, -0.05) is 48.5 Å². The summed E-state index contributed by atoms with van der Waals surface area (Å²) in [6.45, 7) is 2.21. The van der Waals surface area contributed by atoms with Crippen LogP contribution >= 0.6 is 0 Å². The Morgan fingerprint density at radius 3 is 2.54 bits per heavy atom. The Kier molecular flexibility index (Phi) is 5.39. The largest absolute Gasteiger partial charge is 0.370 e. The molecule has 1 N–H and O–H groups in total. The first-order valence-corrected chi connectivity index (χ1v) is 9.47. The molecule has 2 amide bonds. The van der Waals surface area contributed by atoms with Crippen molar-refractivity contribution < 1.29 is 9.53 Å². The van der Waals surface area contributed by atoms with E-state index in [-0.39, 0.29) is 6.03 Å². The molecule has 0 saturated carbocycles. The Hall–Kier alpha value is -3.12. The molecule has 28 heavy (non-hydrogen) atoms. The van der Waals surface area contributed by atoms with Crippen molar-refractivity contribution in [1.82, 2.24) is 14.7 Å². The van der Waals surface area contributed by atoms with Crippen LogP contribution in [0.25, 0.3) is 0 Å². The fourth-order valence-corrected chi connectivity index (χ4v) is 3.52. The molecule has 0 saturated heterocycles. The lowest BCUT2D eigenvalue weighted by Crippen LogP contribution is -2.39. The standard InChI is InChI=1S/C22H24N4O2/c1-25-21-12-13-26(22(27)23-18-10-6-3-7-11-18)14-19(21)20(24-25)16-28-15-17-8-4-2-5-9-17/h2-11H,12-16H2,1H3,(H,23,27). The summed E-state index contributed by atoms with van der Waals surface area (Å²) in [7, 11) is 1.96. The lowest BCUT2D eigenvalue weighted by Gasteiger charge is -2.28. The molecule has 0 spiro atoms. The van der Waals surface area contributed by atoms with E-state index >= 15 is 0 Å². The van der Waals surface area contributed by atoms with E-state index in [0.717, 1.165) is 28.9 Å². The molecule has 6 nitrogen and oxygen atoms in total. The second-order valence-electron chi connectivity index (χ2n) is 6.94. The highest BCUT2D eigenvalue weighted by Gasteiger charge is 2.26. The first kappa shape index (κ1) is 18.3. The van der Waals surface area contributed by atoms with E-state index in [2.05, 4.69) is 10.4 Å². The van der Waals surface area contributed by atoms with Crippen LogP contribution in [0.2, 0.25) is 0 Å². The Morgan fingerprint density at radius 1 is 1.07 bits per heavy atom. The molecule has 2 aromatic carbocycles. The molecule has 0 atom stereocenters. The molecule has 144 valence electrons. The first-order valence-electron chi connectivity index (χ1n) is 9.47. The minimum absolute atomic E-state index is 0.0862. The third kappa shape index (κ3) is 4.07. The number of anilines is 1. The van der Waals surface area contributed by atoms with E-state index in [1.165, 1.54) is 5.69 Å². The lowest BCUT2D eigenvalue weighted by molar-refractivity contribution is 0.103. The van der Waals surface area contributed by atoms with Crippen LogP contribution in [0.15, 0.2) is 60.7 Å². The van der Waals surface area contributed by atoms with Crippen molar-refractivity contribution >= 4 is 11.7 Å². The van der Waals surface area contributed by atoms with Gasteiger partial charge in [0.2, 0.25) is 0 Å². The lowest BCUT2D eigenvalue weighted by atomic mass is 10.1. The summed E-state index contributed by atoms with van der Waals surface area (Å²) < 4.78 is 7.80. The normalized spacial score (nSPS) is 13.2. The van der Waals surface area contributed by atoms with Gasteiger partial charge >= 0.3 is 6.03 Å². The number of benzene rings is 2. The summed E-state index contributed by atoms with van der Waals surface area (Å²) in [5.41, 5.74) is 5.13. The molecule has 0 bridgehead atoms. The molecule has 4 rings (SSSR count). The molecule has 0 radical (unpaired) electrons. The second kappa shape index (κ2) is 8.27. The van der Waals surface area contributed by atoms with Crippen LogP contribution in [0.5, 0.6) is 0 Å². The van der Waals surface area contributed by atoms with Gasteiger partial charge in [-0.3, -0.25) is 4.68 Å². The summed E-state index contributed by atoms with van der Waals surface area (Å²) in [6.07, 6.45) is 0.791. The zero-order chi connectivity index (χ0) is 19.3. The summed E-state index contributed by atoms with van der Waals surface area (Å²) in [6, 6.07) is 19.5. The third-order valence-corrected chi connectivity index (χ3v) is 4.99. The average Bonchev–Trinajstić information content (AvgIpc) is 3.05. The molecule has 2 heterocycles. The number of amides is 2. The number of nitrogens with zero attached hydrogens (tertiary/aromatic N) is 3. The highest BCUT2D eigenvalue weighted by molar-refractivity contribution is 5.89. The van der Waals surface area contributed by atoms with Crippen molar-refractivity contribution in [2.24, 2.45) is 7.05 Å². The van der Waals surface area contributed by atoms with Gasteiger partial charge in [0.1, 0.15) is 0 Å². The Morgan fingerprint density at radius 2 is 1.79 bits per heavy atom. The van der Waals surface area contributed by atoms with Gasteiger partial charge in [0.15, 0.2) is 0 Å². The number of carbonyl (C=O) groups is 1. The van der Waals surface area contributed by atoms with E-state index in [1.54, 1.807) is 0 Å². The number of hydrogen-bond acceptors (Lipinski definition) is 3. The Labute approximate surface area is 164 Å². The van der Waals surface area contributed by atoms with Crippen LogP contribution in [0, 0.1) is 0 Å². The minimum atomic E-state index is -0.0862. The van der Waals surface area contributed by atoms with E-state index in [9.17, 15) is 4.79 Å². The van der Waals surface area contributed by atoms with E-state index in [1.807, 2.05) is 77.3 Å². The molecule has 0 unspecified atom stereocenters. The van der Waals surface area contributed by atoms with Crippen LogP contribution in [0.3, 0.4) is 0 Å². The number of para-hydroxylation sites is 1. The van der Waals surface area contributed by atoms with Crippen molar-refractivity contribution in [2.75, 3.05) is 11.9 Å². The van der Waals surface area contributed by atoms with Gasteiger partial charge in [0.25, 0.3) is 0 Å². The highest BCUT2D eigenvalue weighted by Crippen LogP contribution is 2.23. The number of hydrogen-bond donors (Lipinski definition) is 1. The van der Waals surface area contributed by atoms with Crippen LogP contribution in [-0.2, 0) is 38.0 Å². The molecule has 6 heteroatoms. The third-order valence-electron chi connectivity index (χ3n) is 4.99. The molecule has 1 aromatic heterocycles. The molecule has 3 aromatic rings. The second-order valence-corrected chi connectivity index (χ2v) is 6.94. The maximum absolute atomic E-state index is 12.7. The van der Waals surface area contributed by atoms with E-state index in [4.69, 9.17) is 4.74 Å². The maximum Gasteiger partial charge on any atom is 0.322 e. The highest BCUT2D eigenvalue weighted by atomic mass is 16.5. The fourth-order valence-electron chi connectivity index (χ4n) is 3.52. The quantitative estimate of drug-likeness (QED) is 0.738. The Balaban J connectivity index is 1.41. The Bertz CT molecular complexity index is 938. The topological polar surface area (TPSA) is 59.4 Å². The number of aromatic nitrogens is 2. The number of rotatable bonds is 5. The summed E-state index contributed by atoms with van der Waals surface area (Å²) in [4.78, 5) is 14.5. The van der Waals surface area contributed by atoms with Crippen LogP contribution in [0.4, 0.5) is 10.5 Å². The number of ether oxygens (including phenoxy) is 1. The van der Waals surface area contributed by atoms with Gasteiger partial charge in [-0.05, 0) is 17.7 Å². The van der Waals surface area contributed by atoms with E-state index < -0.39 is 0 Å². The number of carbonyl (C=O) groups excluding carboxylic acids is 1. The summed E-state index contributed by atoms with van der Waals surface area (Å²) in [5.74, 6) is 0. The maximum atomic E-state index is 12.7. The average molecular weight is 376 g/mol. The smallest absolute Gasteiger partial charge is 0.322 e. The van der Waals surface area contributed by atoms with Crippen molar-refractivity contribution in [3.05, 3.63) is 83.2 Å². The van der Waals surface area contributed by atoms with Gasteiger partial charge in [-0.25, -0.2) is 4.79 Å². The molecular weight excluding hydrogens is 352 g/mol. The number of aryl methyl sites for hydroxylation is 1. The fraction of sp³-hybridized carbons (Fsp3) is 0.273. The zero-order valence-corrected chi connectivity index (χ0v) is 16.0. The van der Waals surface area contributed by atoms with Gasteiger partial charge in [-0.2, -0.15) is 5.10 Å². The summed E-state index contributed by atoms with van der Waals surface area (Å²) >= 11 is 0. The number of nitrogens with one attached hydrogen (secondary N) is 1.